The first-order chi connectivity index (χ1) is 12.0. The quantitative estimate of drug-likeness (QED) is 0.756. The van der Waals surface area contributed by atoms with Crippen molar-refractivity contribution in [3.63, 3.8) is 0 Å². The molecule has 0 bridgehead atoms. The van der Waals surface area contributed by atoms with Crippen LogP contribution in [0.25, 0.3) is 0 Å². The zero-order chi connectivity index (χ0) is 17.8. The minimum absolute atomic E-state index is 0.0339. The molecule has 1 heterocycles. The first-order valence-corrected chi connectivity index (χ1v) is 9.70. The van der Waals surface area contributed by atoms with E-state index < -0.39 is 0 Å². The van der Waals surface area contributed by atoms with E-state index >= 15 is 0 Å². The van der Waals surface area contributed by atoms with Crippen molar-refractivity contribution in [2.75, 3.05) is 0 Å². The van der Waals surface area contributed by atoms with Gasteiger partial charge in [-0.1, -0.05) is 57.4 Å². The number of aryl methyl sites for hydroxylation is 1. The molecule has 1 saturated carbocycles. The van der Waals surface area contributed by atoms with E-state index in [1.165, 1.54) is 43.2 Å². The van der Waals surface area contributed by atoms with Gasteiger partial charge in [0.15, 0.2) is 0 Å². The van der Waals surface area contributed by atoms with E-state index in [-0.39, 0.29) is 12.1 Å². The van der Waals surface area contributed by atoms with E-state index in [0.717, 1.165) is 5.92 Å². The van der Waals surface area contributed by atoms with Crippen molar-refractivity contribution in [3.05, 3.63) is 47.2 Å². The third-order valence-electron chi connectivity index (χ3n) is 5.38. The molecule has 0 spiro atoms. The maximum atomic E-state index is 5.58. The van der Waals surface area contributed by atoms with Gasteiger partial charge in [-0.15, -0.1) is 10.2 Å². The van der Waals surface area contributed by atoms with Gasteiger partial charge in [-0.2, -0.15) is 0 Å². The number of benzene rings is 1. The monoisotopic (exact) mass is 341 g/mol. The lowest BCUT2D eigenvalue weighted by atomic mass is 9.83. The van der Waals surface area contributed by atoms with Crippen molar-refractivity contribution in [3.8, 4) is 0 Å². The smallest absolute Gasteiger partial charge is 0.233 e. The molecule has 1 aliphatic carbocycles. The fourth-order valence-corrected chi connectivity index (χ4v) is 3.91. The molecule has 25 heavy (non-hydrogen) atoms. The predicted molar refractivity (Wildman–Crippen MR) is 100 cm³/mol. The second-order valence-corrected chi connectivity index (χ2v) is 7.77. The summed E-state index contributed by atoms with van der Waals surface area (Å²) in [6, 6.07) is 9.57. The Hall–Kier alpha value is -1.68. The van der Waals surface area contributed by atoms with E-state index in [2.05, 4.69) is 60.6 Å². The van der Waals surface area contributed by atoms with Crippen LogP contribution >= 0.6 is 0 Å². The highest BCUT2D eigenvalue weighted by atomic mass is 16.4. The lowest BCUT2D eigenvalue weighted by Gasteiger charge is -2.27. The summed E-state index contributed by atoms with van der Waals surface area (Å²) in [6.07, 6.45) is 6.85. The van der Waals surface area contributed by atoms with Crippen LogP contribution in [0.5, 0.6) is 0 Å². The van der Waals surface area contributed by atoms with Crippen molar-refractivity contribution in [2.24, 2.45) is 5.92 Å². The topological polar surface area (TPSA) is 51.0 Å². The fraction of sp³-hybridized carbons (Fsp3) is 0.619. The van der Waals surface area contributed by atoms with Gasteiger partial charge in [0.05, 0.1) is 6.04 Å². The zero-order valence-corrected chi connectivity index (χ0v) is 16.0. The van der Waals surface area contributed by atoms with Gasteiger partial charge in [0.25, 0.3) is 0 Å². The van der Waals surface area contributed by atoms with Crippen LogP contribution < -0.4 is 5.32 Å². The summed E-state index contributed by atoms with van der Waals surface area (Å²) in [4.78, 5) is 0. The third kappa shape index (κ3) is 4.49. The normalized spacial score (nSPS) is 18.4. The number of aromatic nitrogens is 2. The molecule has 1 aliphatic rings. The van der Waals surface area contributed by atoms with E-state index in [0.29, 0.717) is 17.7 Å². The number of nitrogens with zero attached hydrogens (tertiary/aromatic N) is 2. The molecule has 2 aromatic rings. The first-order valence-electron chi connectivity index (χ1n) is 9.70. The van der Waals surface area contributed by atoms with Crippen molar-refractivity contribution in [1.29, 1.82) is 0 Å². The van der Waals surface area contributed by atoms with Crippen LogP contribution in [0.2, 0.25) is 0 Å². The summed E-state index contributed by atoms with van der Waals surface area (Å²) in [5, 5.41) is 11.8. The van der Waals surface area contributed by atoms with Crippen molar-refractivity contribution in [1.82, 2.24) is 15.5 Å². The standard InChI is InChI=1S/C21H31N3O/c1-14(2)20(22-15(3)21-24-23-16(4)25-21)19-12-10-18(11-13-19)17-8-6-5-7-9-17/h10-15,17,20,22H,5-9H2,1-4H3. The molecule has 0 amide bonds. The van der Waals surface area contributed by atoms with E-state index in [1.54, 1.807) is 0 Å². The molecule has 1 aromatic heterocycles. The molecule has 4 heteroatoms. The van der Waals surface area contributed by atoms with E-state index in [1.807, 2.05) is 6.92 Å². The van der Waals surface area contributed by atoms with Crippen LogP contribution in [0, 0.1) is 12.8 Å². The lowest BCUT2D eigenvalue weighted by Crippen LogP contribution is -2.28. The summed E-state index contributed by atoms with van der Waals surface area (Å²) in [5.74, 6) is 2.50. The summed E-state index contributed by atoms with van der Waals surface area (Å²) in [5.41, 5.74) is 2.84. The van der Waals surface area contributed by atoms with Gasteiger partial charge in [-0.05, 0) is 42.7 Å². The molecule has 1 N–H and O–H groups in total. The molecule has 1 aromatic carbocycles. The van der Waals surface area contributed by atoms with Gasteiger partial charge in [0.2, 0.25) is 11.8 Å². The summed E-state index contributed by atoms with van der Waals surface area (Å²) in [6.45, 7) is 8.41. The van der Waals surface area contributed by atoms with Crippen molar-refractivity contribution >= 4 is 0 Å². The van der Waals surface area contributed by atoms with Crippen LogP contribution in [0.1, 0.15) is 93.8 Å². The number of nitrogens with one attached hydrogen (secondary N) is 1. The molecule has 0 aliphatic heterocycles. The van der Waals surface area contributed by atoms with Crippen LogP contribution in [-0.4, -0.2) is 10.2 Å². The molecule has 3 rings (SSSR count). The minimum atomic E-state index is 0.0339. The maximum Gasteiger partial charge on any atom is 0.233 e. The Kier molecular flexibility index (Phi) is 5.89. The van der Waals surface area contributed by atoms with E-state index in [4.69, 9.17) is 4.42 Å². The van der Waals surface area contributed by atoms with Crippen LogP contribution in [0.4, 0.5) is 0 Å². The van der Waals surface area contributed by atoms with Gasteiger partial charge in [-0.3, -0.25) is 5.32 Å². The molecule has 1 fully saturated rings. The Morgan fingerprint density at radius 3 is 2.24 bits per heavy atom. The highest BCUT2D eigenvalue weighted by Crippen LogP contribution is 2.34. The first kappa shape index (κ1) is 18.1. The molecule has 136 valence electrons. The summed E-state index contributed by atoms with van der Waals surface area (Å²) in [7, 11) is 0. The minimum Gasteiger partial charge on any atom is -0.424 e. The Bertz CT molecular complexity index is 656. The second kappa shape index (κ2) is 8.13. The Morgan fingerprint density at radius 1 is 1.00 bits per heavy atom. The van der Waals surface area contributed by atoms with Gasteiger partial charge >= 0.3 is 0 Å². The van der Waals surface area contributed by atoms with Gasteiger partial charge in [-0.25, -0.2) is 0 Å². The maximum absolute atomic E-state index is 5.58. The number of hydrogen-bond donors (Lipinski definition) is 1. The fourth-order valence-electron chi connectivity index (χ4n) is 3.91. The molecule has 0 saturated heterocycles. The average Bonchev–Trinajstić information content (AvgIpc) is 3.07. The van der Waals surface area contributed by atoms with Crippen molar-refractivity contribution in [2.45, 2.75) is 77.8 Å². The molecule has 4 nitrogen and oxygen atoms in total. The molecule has 0 radical (unpaired) electrons. The summed E-state index contributed by atoms with van der Waals surface area (Å²) < 4.78 is 5.58. The number of hydrogen-bond acceptors (Lipinski definition) is 4. The van der Waals surface area contributed by atoms with E-state index in [9.17, 15) is 0 Å². The number of rotatable bonds is 6. The Balaban J connectivity index is 1.71. The SMILES string of the molecule is Cc1nnc(C(C)NC(c2ccc(C3CCCCC3)cc2)C(C)C)o1. The predicted octanol–water partition coefficient (Wildman–Crippen LogP) is 5.47. The van der Waals surface area contributed by atoms with Gasteiger partial charge in [0.1, 0.15) is 0 Å². The highest BCUT2D eigenvalue weighted by molar-refractivity contribution is 5.28. The molecule has 2 atom stereocenters. The molecule has 2 unspecified atom stereocenters. The average molecular weight is 341 g/mol. The van der Waals surface area contributed by atoms with Crippen LogP contribution in [-0.2, 0) is 0 Å². The van der Waals surface area contributed by atoms with Gasteiger partial charge < -0.3 is 4.42 Å². The second-order valence-electron chi connectivity index (χ2n) is 7.77. The van der Waals surface area contributed by atoms with Crippen LogP contribution in [0.3, 0.4) is 0 Å². The Morgan fingerprint density at radius 2 is 1.68 bits per heavy atom. The Labute approximate surface area is 151 Å². The van der Waals surface area contributed by atoms with Gasteiger partial charge in [0, 0.05) is 13.0 Å². The largest absolute Gasteiger partial charge is 0.424 e. The third-order valence-corrected chi connectivity index (χ3v) is 5.38. The zero-order valence-electron chi connectivity index (χ0n) is 16.0. The highest BCUT2D eigenvalue weighted by Gasteiger charge is 2.22. The molecular formula is C21H31N3O. The van der Waals surface area contributed by atoms with Crippen LogP contribution in [0.15, 0.2) is 28.7 Å². The molecular weight excluding hydrogens is 310 g/mol. The van der Waals surface area contributed by atoms with Crippen molar-refractivity contribution < 1.29 is 4.42 Å². The summed E-state index contributed by atoms with van der Waals surface area (Å²) >= 11 is 0. The lowest BCUT2D eigenvalue weighted by molar-refractivity contribution is 0.329.